The molecule has 0 saturated heterocycles. The zero-order valence-corrected chi connectivity index (χ0v) is 17.7. The normalized spacial score (nSPS) is 13.0. The lowest BCUT2D eigenvalue weighted by Crippen LogP contribution is -2.26. The van der Waals surface area contributed by atoms with Crippen LogP contribution in [0.3, 0.4) is 0 Å². The number of alkyl halides is 3. The van der Waals surface area contributed by atoms with Crippen LogP contribution in [0.1, 0.15) is 55.4 Å². The van der Waals surface area contributed by atoms with Gasteiger partial charge in [-0.3, -0.25) is 0 Å². The van der Waals surface area contributed by atoms with Gasteiger partial charge in [0.2, 0.25) is 0 Å². The lowest BCUT2D eigenvalue weighted by atomic mass is 10.0. The maximum absolute atomic E-state index is 12.6. The molecule has 0 aliphatic heterocycles. The molecule has 0 fully saturated rings. The van der Waals surface area contributed by atoms with Crippen molar-refractivity contribution in [2.45, 2.75) is 58.9 Å². The van der Waals surface area contributed by atoms with Crippen LogP contribution in [0.25, 0.3) is 0 Å². The molecule has 2 aromatic rings. The number of hydrogen-bond acceptors (Lipinski definition) is 4. The highest BCUT2D eigenvalue weighted by atomic mass is 19.4. The fourth-order valence-electron chi connectivity index (χ4n) is 2.88. The Hall–Kier alpha value is -3.03. The Kier molecular flexibility index (Phi) is 8.47. The van der Waals surface area contributed by atoms with Gasteiger partial charge in [0.1, 0.15) is 12.4 Å². The molecule has 0 aliphatic carbocycles. The summed E-state index contributed by atoms with van der Waals surface area (Å²) in [5, 5.41) is 13.4. The van der Waals surface area contributed by atoms with Crippen molar-refractivity contribution in [2.24, 2.45) is 5.16 Å². The fourth-order valence-corrected chi connectivity index (χ4v) is 2.88. The highest BCUT2D eigenvalue weighted by Gasteiger charge is 2.29. The molecule has 168 valence electrons. The first kappa shape index (κ1) is 24.2. The van der Waals surface area contributed by atoms with Crippen molar-refractivity contribution in [3.8, 4) is 5.75 Å². The SMILES string of the molecule is CCC/C(=N/OCc1ccc(C(F)(F)F)cc1)c1ccc(OC(CC)C(=O)O)c(C)c1. The minimum absolute atomic E-state index is 0.0440. The van der Waals surface area contributed by atoms with E-state index in [0.717, 1.165) is 29.7 Å². The molecule has 0 bridgehead atoms. The van der Waals surface area contributed by atoms with E-state index in [4.69, 9.17) is 14.7 Å². The van der Waals surface area contributed by atoms with E-state index in [-0.39, 0.29) is 6.61 Å². The van der Waals surface area contributed by atoms with Crippen LogP contribution in [0.5, 0.6) is 5.75 Å². The first-order valence-corrected chi connectivity index (χ1v) is 10.0. The largest absolute Gasteiger partial charge is 0.479 e. The molecule has 1 unspecified atom stereocenters. The summed E-state index contributed by atoms with van der Waals surface area (Å²) < 4.78 is 43.5. The first-order chi connectivity index (χ1) is 14.7. The molecule has 0 radical (unpaired) electrons. The number of halogens is 3. The molecule has 1 atom stereocenters. The predicted molar refractivity (Wildman–Crippen MR) is 111 cm³/mol. The Morgan fingerprint density at radius 1 is 1.13 bits per heavy atom. The van der Waals surface area contributed by atoms with Gasteiger partial charge in [-0.2, -0.15) is 13.2 Å². The molecule has 5 nitrogen and oxygen atoms in total. The Morgan fingerprint density at radius 2 is 1.81 bits per heavy atom. The smallest absolute Gasteiger partial charge is 0.416 e. The third kappa shape index (κ3) is 7.01. The van der Waals surface area contributed by atoms with Crippen molar-refractivity contribution in [3.63, 3.8) is 0 Å². The summed E-state index contributed by atoms with van der Waals surface area (Å²) >= 11 is 0. The second-order valence-corrected chi connectivity index (χ2v) is 7.09. The molecule has 0 spiro atoms. The fraction of sp³-hybridized carbons (Fsp3) is 0.391. The zero-order chi connectivity index (χ0) is 23.0. The Morgan fingerprint density at radius 3 is 2.32 bits per heavy atom. The van der Waals surface area contributed by atoms with Crippen LogP contribution in [0.15, 0.2) is 47.6 Å². The summed E-state index contributed by atoms with van der Waals surface area (Å²) in [6.45, 7) is 5.60. The molecule has 0 aromatic heterocycles. The molecule has 31 heavy (non-hydrogen) atoms. The molecule has 0 aliphatic rings. The van der Waals surface area contributed by atoms with Gasteiger partial charge in [-0.1, -0.05) is 37.6 Å². The third-order valence-corrected chi connectivity index (χ3v) is 4.60. The molecule has 0 saturated carbocycles. The van der Waals surface area contributed by atoms with Crippen LogP contribution >= 0.6 is 0 Å². The number of rotatable bonds is 10. The van der Waals surface area contributed by atoms with Gasteiger partial charge in [0, 0.05) is 0 Å². The Labute approximate surface area is 179 Å². The number of carboxylic acid groups (broad SMARTS) is 1. The van der Waals surface area contributed by atoms with E-state index >= 15 is 0 Å². The second-order valence-electron chi connectivity index (χ2n) is 7.09. The van der Waals surface area contributed by atoms with E-state index in [9.17, 15) is 18.0 Å². The van der Waals surface area contributed by atoms with E-state index in [0.29, 0.717) is 29.9 Å². The summed E-state index contributed by atoms with van der Waals surface area (Å²) in [4.78, 5) is 16.6. The molecular weight excluding hydrogens is 411 g/mol. The van der Waals surface area contributed by atoms with Gasteiger partial charge in [0.25, 0.3) is 0 Å². The number of carbonyl (C=O) groups is 1. The molecular formula is C23H26F3NO4. The number of oxime groups is 1. The average molecular weight is 437 g/mol. The summed E-state index contributed by atoms with van der Waals surface area (Å²) in [7, 11) is 0. The van der Waals surface area contributed by atoms with Crippen molar-refractivity contribution in [2.75, 3.05) is 0 Å². The lowest BCUT2D eigenvalue weighted by Gasteiger charge is -2.16. The van der Waals surface area contributed by atoms with Gasteiger partial charge in [-0.25, -0.2) is 4.79 Å². The molecule has 2 aromatic carbocycles. The highest BCUT2D eigenvalue weighted by Crippen LogP contribution is 2.29. The van der Waals surface area contributed by atoms with Crippen molar-refractivity contribution in [3.05, 3.63) is 64.7 Å². The van der Waals surface area contributed by atoms with Crippen LogP contribution in [0.2, 0.25) is 0 Å². The molecule has 8 heteroatoms. The lowest BCUT2D eigenvalue weighted by molar-refractivity contribution is -0.145. The van der Waals surface area contributed by atoms with E-state index in [1.165, 1.54) is 12.1 Å². The number of hydrogen-bond donors (Lipinski definition) is 1. The van der Waals surface area contributed by atoms with Crippen LogP contribution in [0.4, 0.5) is 13.2 Å². The summed E-state index contributed by atoms with van der Waals surface area (Å²) in [6.07, 6.45) is -3.49. The number of benzene rings is 2. The van der Waals surface area contributed by atoms with Crippen molar-refractivity contribution in [1.29, 1.82) is 0 Å². The molecule has 1 N–H and O–H groups in total. The Balaban J connectivity index is 2.11. The predicted octanol–water partition coefficient (Wildman–Crippen LogP) is 5.98. The van der Waals surface area contributed by atoms with Crippen LogP contribution in [-0.2, 0) is 22.4 Å². The summed E-state index contributed by atoms with van der Waals surface area (Å²) in [6, 6.07) is 10.1. The van der Waals surface area contributed by atoms with Crippen molar-refractivity contribution in [1.82, 2.24) is 0 Å². The average Bonchev–Trinajstić information content (AvgIpc) is 2.71. The zero-order valence-electron chi connectivity index (χ0n) is 17.7. The number of carboxylic acids is 1. The number of nitrogens with zero attached hydrogens (tertiary/aromatic N) is 1. The van der Waals surface area contributed by atoms with Gasteiger partial charge in [-0.05, 0) is 66.8 Å². The quantitative estimate of drug-likeness (QED) is 0.367. The molecule has 0 amide bonds. The maximum atomic E-state index is 12.6. The van der Waals surface area contributed by atoms with Crippen molar-refractivity contribution >= 4 is 11.7 Å². The van der Waals surface area contributed by atoms with Crippen LogP contribution in [-0.4, -0.2) is 22.9 Å². The van der Waals surface area contributed by atoms with E-state index in [1.54, 1.807) is 19.1 Å². The van der Waals surface area contributed by atoms with E-state index in [2.05, 4.69) is 5.16 Å². The third-order valence-electron chi connectivity index (χ3n) is 4.60. The van der Waals surface area contributed by atoms with Gasteiger partial charge in [-0.15, -0.1) is 0 Å². The first-order valence-electron chi connectivity index (χ1n) is 10.0. The van der Waals surface area contributed by atoms with E-state index in [1.807, 2.05) is 19.9 Å². The summed E-state index contributed by atoms with van der Waals surface area (Å²) in [5.74, 6) is -0.532. The standard InChI is InChI=1S/C23H26F3NO4/c1-4-6-19(27-30-14-16-7-10-18(11-8-16)23(24,25)26)17-9-12-21(15(3)13-17)31-20(5-2)22(28)29/h7-13,20H,4-6,14H2,1-3H3,(H,28,29)/b27-19-. The molecule has 0 heterocycles. The van der Waals surface area contributed by atoms with Gasteiger partial charge in [0.15, 0.2) is 6.10 Å². The monoisotopic (exact) mass is 437 g/mol. The van der Waals surface area contributed by atoms with Gasteiger partial charge in [0.05, 0.1) is 11.3 Å². The van der Waals surface area contributed by atoms with Crippen molar-refractivity contribution < 1.29 is 32.6 Å². The number of aliphatic carboxylic acids is 1. The Bertz CT molecular complexity index is 908. The maximum Gasteiger partial charge on any atom is 0.416 e. The molecule has 2 rings (SSSR count). The number of ether oxygens (including phenoxy) is 1. The van der Waals surface area contributed by atoms with Crippen LogP contribution < -0.4 is 4.74 Å². The van der Waals surface area contributed by atoms with Crippen LogP contribution in [0, 0.1) is 6.92 Å². The number of aryl methyl sites for hydroxylation is 1. The second kappa shape index (κ2) is 10.8. The van der Waals surface area contributed by atoms with Gasteiger partial charge >= 0.3 is 12.1 Å². The highest BCUT2D eigenvalue weighted by molar-refractivity contribution is 6.00. The van der Waals surface area contributed by atoms with E-state index < -0.39 is 23.8 Å². The topological polar surface area (TPSA) is 68.1 Å². The summed E-state index contributed by atoms with van der Waals surface area (Å²) in [5.41, 5.74) is 2.13. The van der Waals surface area contributed by atoms with Gasteiger partial charge < -0.3 is 14.7 Å². The minimum atomic E-state index is -4.37. The minimum Gasteiger partial charge on any atom is -0.479 e.